The summed E-state index contributed by atoms with van der Waals surface area (Å²) < 4.78 is 36.4. The normalized spacial score (nSPS) is 11.1. The number of nitrogens with zero attached hydrogens (tertiary/aromatic N) is 2. The Morgan fingerprint density at radius 1 is 1.09 bits per heavy atom. The minimum Gasteiger partial charge on any atom is -0.490 e. The summed E-state index contributed by atoms with van der Waals surface area (Å²) in [7, 11) is -3.94. The first kappa shape index (κ1) is 23.2. The molecule has 0 fully saturated rings. The maximum absolute atomic E-state index is 12.8. The van der Waals surface area contributed by atoms with Crippen LogP contribution in [0.2, 0.25) is 0 Å². The van der Waals surface area contributed by atoms with Crippen LogP contribution in [0.3, 0.4) is 0 Å². The van der Waals surface area contributed by atoms with E-state index in [1.807, 2.05) is 13.8 Å². The first-order chi connectivity index (χ1) is 15.3. The molecule has 0 radical (unpaired) electrons. The number of carbonyl (C=O) groups excluding carboxylic acids is 1. The number of aromatic nitrogens is 1. The van der Waals surface area contributed by atoms with Gasteiger partial charge in [0.15, 0.2) is 16.6 Å². The van der Waals surface area contributed by atoms with Crippen molar-refractivity contribution in [1.82, 2.24) is 4.98 Å². The van der Waals surface area contributed by atoms with E-state index in [-0.39, 0.29) is 25.5 Å². The SMILES string of the molecule is CCOc1ccc(C(=O)Nc2ncc(S(=O)(=O)c3ccc([N+](=O)[O-])cc3)s2)cc1OCC. The van der Waals surface area contributed by atoms with Crippen molar-refractivity contribution >= 4 is 37.9 Å². The van der Waals surface area contributed by atoms with Crippen molar-refractivity contribution in [1.29, 1.82) is 0 Å². The van der Waals surface area contributed by atoms with E-state index < -0.39 is 20.7 Å². The lowest BCUT2D eigenvalue weighted by molar-refractivity contribution is -0.384. The predicted molar refractivity (Wildman–Crippen MR) is 117 cm³/mol. The van der Waals surface area contributed by atoms with Gasteiger partial charge in [-0.3, -0.25) is 20.2 Å². The lowest BCUT2D eigenvalue weighted by Gasteiger charge is -2.12. The average Bonchev–Trinajstić information content (AvgIpc) is 3.24. The maximum atomic E-state index is 12.8. The molecule has 0 spiro atoms. The van der Waals surface area contributed by atoms with Crippen molar-refractivity contribution in [3.05, 3.63) is 64.3 Å². The summed E-state index contributed by atoms with van der Waals surface area (Å²) in [6.45, 7) is 4.48. The largest absolute Gasteiger partial charge is 0.490 e. The molecule has 1 aromatic heterocycles. The number of sulfone groups is 1. The second-order valence-electron chi connectivity index (χ2n) is 6.22. The Bertz CT molecular complexity index is 1240. The number of rotatable bonds is 9. The monoisotopic (exact) mass is 477 g/mol. The number of anilines is 1. The highest BCUT2D eigenvalue weighted by molar-refractivity contribution is 7.93. The lowest BCUT2D eigenvalue weighted by Crippen LogP contribution is -2.12. The molecule has 3 rings (SSSR count). The van der Waals surface area contributed by atoms with Crippen molar-refractivity contribution < 1.29 is 27.6 Å². The van der Waals surface area contributed by atoms with Gasteiger partial charge in [0.25, 0.3) is 11.6 Å². The van der Waals surface area contributed by atoms with Crippen molar-refractivity contribution in [2.24, 2.45) is 0 Å². The smallest absolute Gasteiger partial charge is 0.269 e. The highest BCUT2D eigenvalue weighted by atomic mass is 32.2. The van der Waals surface area contributed by atoms with Crippen LogP contribution in [0, 0.1) is 10.1 Å². The van der Waals surface area contributed by atoms with Gasteiger partial charge in [0.2, 0.25) is 9.84 Å². The molecule has 32 heavy (non-hydrogen) atoms. The van der Waals surface area contributed by atoms with Gasteiger partial charge in [0, 0.05) is 17.7 Å². The number of non-ortho nitro benzene ring substituents is 1. The van der Waals surface area contributed by atoms with E-state index in [2.05, 4.69) is 10.3 Å². The van der Waals surface area contributed by atoms with Crippen molar-refractivity contribution in [3.63, 3.8) is 0 Å². The zero-order chi connectivity index (χ0) is 23.3. The first-order valence-corrected chi connectivity index (χ1v) is 11.7. The first-order valence-electron chi connectivity index (χ1n) is 9.42. The molecule has 0 aliphatic heterocycles. The molecule has 10 nitrogen and oxygen atoms in total. The second-order valence-corrected chi connectivity index (χ2v) is 9.43. The molecule has 1 heterocycles. The number of amides is 1. The fraction of sp³-hybridized carbons (Fsp3) is 0.200. The molecule has 0 unspecified atom stereocenters. The van der Waals surface area contributed by atoms with Crippen LogP contribution in [0.4, 0.5) is 10.8 Å². The van der Waals surface area contributed by atoms with Crippen LogP contribution in [-0.4, -0.2) is 37.4 Å². The number of hydrogen-bond acceptors (Lipinski definition) is 9. The molecule has 0 aliphatic rings. The Hall–Kier alpha value is -3.51. The molecular formula is C20H19N3O7S2. The number of benzene rings is 2. The van der Waals surface area contributed by atoms with Crippen molar-refractivity contribution in [2.45, 2.75) is 23.0 Å². The van der Waals surface area contributed by atoms with Gasteiger partial charge in [-0.25, -0.2) is 13.4 Å². The zero-order valence-electron chi connectivity index (χ0n) is 17.1. The standard InChI is InChI=1S/C20H19N3O7S2/c1-3-29-16-10-5-13(11-17(16)30-4-2)19(24)22-20-21-12-18(31-20)32(27,28)15-8-6-14(7-9-15)23(25)26/h5-12H,3-4H2,1-2H3,(H,21,22,24). The van der Waals surface area contributed by atoms with Crippen LogP contribution in [-0.2, 0) is 9.84 Å². The van der Waals surface area contributed by atoms with Gasteiger partial charge in [-0.15, -0.1) is 0 Å². The number of nitro groups is 1. The Kier molecular flexibility index (Phi) is 7.05. The van der Waals surface area contributed by atoms with Crippen LogP contribution < -0.4 is 14.8 Å². The van der Waals surface area contributed by atoms with Crippen LogP contribution in [0.1, 0.15) is 24.2 Å². The molecule has 0 bridgehead atoms. The van der Waals surface area contributed by atoms with Gasteiger partial charge in [-0.2, -0.15) is 0 Å². The predicted octanol–water partition coefficient (Wildman–Crippen LogP) is 3.93. The molecule has 168 valence electrons. The molecule has 0 saturated heterocycles. The topological polar surface area (TPSA) is 138 Å². The van der Waals surface area contributed by atoms with E-state index in [4.69, 9.17) is 9.47 Å². The third-order valence-electron chi connectivity index (χ3n) is 4.13. The second kappa shape index (κ2) is 9.75. The van der Waals surface area contributed by atoms with Gasteiger partial charge in [0.1, 0.15) is 4.21 Å². The van der Waals surface area contributed by atoms with Crippen LogP contribution >= 0.6 is 11.3 Å². The van der Waals surface area contributed by atoms with Crippen molar-refractivity contribution in [2.75, 3.05) is 18.5 Å². The molecule has 1 N–H and O–H groups in total. The number of nitrogens with one attached hydrogen (secondary N) is 1. The van der Waals surface area contributed by atoms with E-state index in [9.17, 15) is 23.3 Å². The van der Waals surface area contributed by atoms with Gasteiger partial charge >= 0.3 is 0 Å². The Labute approximate surface area is 187 Å². The Balaban J connectivity index is 1.79. The molecule has 0 aliphatic carbocycles. The molecular weight excluding hydrogens is 458 g/mol. The fourth-order valence-corrected chi connectivity index (χ4v) is 5.09. The molecule has 12 heteroatoms. The third-order valence-corrected chi connectivity index (χ3v) is 7.28. The summed E-state index contributed by atoms with van der Waals surface area (Å²) in [6.07, 6.45) is 1.13. The quantitative estimate of drug-likeness (QED) is 0.361. The zero-order valence-corrected chi connectivity index (χ0v) is 18.7. The van der Waals surface area contributed by atoms with E-state index in [1.54, 1.807) is 12.1 Å². The number of thiazole rings is 1. The molecule has 2 aromatic carbocycles. The van der Waals surface area contributed by atoms with Crippen molar-refractivity contribution in [3.8, 4) is 11.5 Å². The van der Waals surface area contributed by atoms with Crippen LogP contribution in [0.15, 0.2) is 57.8 Å². The number of carbonyl (C=O) groups is 1. The van der Waals surface area contributed by atoms with Gasteiger partial charge < -0.3 is 9.47 Å². The summed E-state index contributed by atoms with van der Waals surface area (Å²) in [4.78, 5) is 26.6. The summed E-state index contributed by atoms with van der Waals surface area (Å²) in [5.41, 5.74) is 0.0647. The fourth-order valence-electron chi connectivity index (χ4n) is 2.67. The summed E-state index contributed by atoms with van der Waals surface area (Å²) in [5.74, 6) is 0.432. The van der Waals surface area contributed by atoms with Crippen LogP contribution in [0.25, 0.3) is 0 Å². The molecule has 0 atom stereocenters. The minimum absolute atomic E-state index is 0.0855. The molecule has 0 saturated carbocycles. The number of ether oxygens (including phenoxy) is 2. The third kappa shape index (κ3) is 5.03. The highest BCUT2D eigenvalue weighted by Gasteiger charge is 2.23. The molecule has 1 amide bonds. The van der Waals surface area contributed by atoms with E-state index in [0.29, 0.717) is 24.7 Å². The lowest BCUT2D eigenvalue weighted by atomic mass is 10.2. The van der Waals surface area contributed by atoms with Gasteiger partial charge in [0.05, 0.1) is 29.2 Å². The van der Waals surface area contributed by atoms with E-state index in [0.717, 1.165) is 41.8 Å². The Morgan fingerprint density at radius 3 is 2.38 bits per heavy atom. The summed E-state index contributed by atoms with van der Waals surface area (Å²) in [5, 5.41) is 13.4. The molecule has 3 aromatic rings. The maximum Gasteiger partial charge on any atom is 0.269 e. The highest BCUT2D eigenvalue weighted by Crippen LogP contribution is 2.31. The average molecular weight is 478 g/mol. The van der Waals surface area contributed by atoms with E-state index >= 15 is 0 Å². The number of hydrogen-bond donors (Lipinski definition) is 1. The number of nitro benzene ring substituents is 1. The minimum atomic E-state index is -3.94. The summed E-state index contributed by atoms with van der Waals surface area (Å²) >= 11 is 0.773. The van der Waals surface area contributed by atoms with Crippen LogP contribution in [0.5, 0.6) is 11.5 Å². The van der Waals surface area contributed by atoms with Gasteiger partial charge in [-0.1, -0.05) is 11.3 Å². The Morgan fingerprint density at radius 2 is 1.75 bits per heavy atom. The summed E-state index contributed by atoms with van der Waals surface area (Å²) in [6, 6.07) is 9.24. The van der Waals surface area contributed by atoms with E-state index in [1.165, 1.54) is 6.07 Å². The van der Waals surface area contributed by atoms with Gasteiger partial charge in [-0.05, 0) is 44.2 Å².